The average molecular weight is 381 g/mol. The van der Waals surface area contributed by atoms with Gasteiger partial charge in [0.2, 0.25) is 0 Å². The predicted molar refractivity (Wildman–Crippen MR) is 106 cm³/mol. The molecule has 7 nitrogen and oxygen atoms in total. The van der Waals surface area contributed by atoms with Crippen LogP contribution in [0.4, 0.5) is 11.4 Å². The second kappa shape index (κ2) is 7.52. The Kier molecular flexibility index (Phi) is 4.92. The third-order valence-electron chi connectivity index (χ3n) is 5.27. The Morgan fingerprint density at radius 1 is 1.29 bits per heavy atom. The van der Waals surface area contributed by atoms with Crippen LogP contribution in [0.15, 0.2) is 36.4 Å². The van der Waals surface area contributed by atoms with E-state index >= 15 is 0 Å². The van der Waals surface area contributed by atoms with Crippen LogP contribution in [-0.2, 0) is 11.2 Å². The van der Waals surface area contributed by atoms with Gasteiger partial charge in [-0.1, -0.05) is 0 Å². The predicted octanol–water partition coefficient (Wildman–Crippen LogP) is 2.05. The van der Waals surface area contributed by atoms with Crippen molar-refractivity contribution in [2.24, 2.45) is 0 Å². The first-order chi connectivity index (χ1) is 13.5. The van der Waals surface area contributed by atoms with E-state index in [1.54, 1.807) is 18.2 Å². The molecule has 2 aliphatic rings. The van der Waals surface area contributed by atoms with Gasteiger partial charge in [0.15, 0.2) is 6.61 Å². The summed E-state index contributed by atoms with van der Waals surface area (Å²) in [6.45, 7) is 4.42. The third kappa shape index (κ3) is 3.66. The van der Waals surface area contributed by atoms with Crippen LogP contribution in [0.5, 0.6) is 5.75 Å². The molecule has 146 valence electrons. The molecule has 0 aromatic heterocycles. The fourth-order valence-corrected chi connectivity index (χ4v) is 3.89. The lowest BCUT2D eigenvalue weighted by atomic mass is 10.1. The highest BCUT2D eigenvalue weighted by molar-refractivity contribution is 6.05. The van der Waals surface area contributed by atoms with Crippen LogP contribution in [0.25, 0.3) is 0 Å². The smallest absolute Gasteiger partial charge is 0.341 e. The van der Waals surface area contributed by atoms with Gasteiger partial charge in [-0.15, -0.1) is 0 Å². The van der Waals surface area contributed by atoms with Crippen molar-refractivity contribution >= 4 is 23.3 Å². The number of amides is 1. The number of carbonyl (C=O) groups excluding carboxylic acids is 1. The van der Waals surface area contributed by atoms with Crippen molar-refractivity contribution in [3.8, 4) is 5.75 Å². The van der Waals surface area contributed by atoms with Crippen molar-refractivity contribution in [1.82, 2.24) is 5.32 Å². The summed E-state index contributed by atoms with van der Waals surface area (Å²) in [5.74, 6) is -0.729. The van der Waals surface area contributed by atoms with Crippen LogP contribution < -0.4 is 20.3 Å². The summed E-state index contributed by atoms with van der Waals surface area (Å²) < 4.78 is 5.17. The van der Waals surface area contributed by atoms with Gasteiger partial charge in [-0.25, -0.2) is 4.79 Å². The number of anilines is 2. The van der Waals surface area contributed by atoms with Crippen molar-refractivity contribution < 1.29 is 19.4 Å². The van der Waals surface area contributed by atoms with Crippen molar-refractivity contribution in [2.75, 3.05) is 36.5 Å². The van der Waals surface area contributed by atoms with Gasteiger partial charge in [0.25, 0.3) is 5.91 Å². The molecule has 0 radical (unpaired) electrons. The lowest BCUT2D eigenvalue weighted by molar-refractivity contribution is -0.139. The normalized spacial score (nSPS) is 17.6. The van der Waals surface area contributed by atoms with Crippen molar-refractivity contribution in [3.05, 3.63) is 53.1 Å². The molecule has 2 aliphatic heterocycles. The van der Waals surface area contributed by atoms with Gasteiger partial charge in [0.1, 0.15) is 5.75 Å². The van der Waals surface area contributed by atoms with Crippen LogP contribution in [0.2, 0.25) is 0 Å². The van der Waals surface area contributed by atoms with Crippen LogP contribution in [0.1, 0.15) is 21.5 Å². The number of ether oxygens (including phenoxy) is 1. The minimum absolute atomic E-state index is 0.159. The van der Waals surface area contributed by atoms with Gasteiger partial charge in [0.05, 0.1) is 0 Å². The molecule has 3 N–H and O–H groups in total. The molecule has 2 heterocycles. The summed E-state index contributed by atoms with van der Waals surface area (Å²) in [4.78, 5) is 25.8. The zero-order valence-electron chi connectivity index (χ0n) is 15.7. The molecule has 0 spiro atoms. The summed E-state index contributed by atoms with van der Waals surface area (Å²) in [5, 5.41) is 15.0. The lowest BCUT2D eigenvalue weighted by Gasteiger charge is -2.32. The zero-order valence-corrected chi connectivity index (χ0v) is 15.7. The quantitative estimate of drug-likeness (QED) is 0.734. The number of carbonyl (C=O) groups is 2. The summed E-state index contributed by atoms with van der Waals surface area (Å²) >= 11 is 0. The first kappa shape index (κ1) is 18.3. The van der Waals surface area contributed by atoms with Gasteiger partial charge >= 0.3 is 5.97 Å². The minimum atomic E-state index is -1.03. The molecule has 28 heavy (non-hydrogen) atoms. The van der Waals surface area contributed by atoms with E-state index in [0.29, 0.717) is 23.0 Å². The summed E-state index contributed by atoms with van der Waals surface area (Å²) in [5.41, 5.74) is 4.57. The Labute approximate surface area is 163 Å². The molecule has 1 saturated heterocycles. The van der Waals surface area contributed by atoms with Gasteiger partial charge < -0.3 is 25.4 Å². The standard InChI is InChI=1S/C21H23N3O4/c1-13-8-17(28-12-20(25)26)3-4-18(13)23-21(27)14-2-5-19-15(9-14)10-16-11-22-6-7-24(16)19/h2-5,8-9,16,22H,6-7,10-12H2,1H3,(H,23,27)(H,25,26). The lowest BCUT2D eigenvalue weighted by Crippen LogP contribution is -2.49. The van der Waals surface area contributed by atoms with E-state index in [1.165, 1.54) is 11.3 Å². The fraction of sp³-hybridized carbons (Fsp3) is 0.333. The molecule has 1 amide bonds. The molecule has 1 unspecified atom stereocenters. The Bertz CT molecular complexity index is 928. The highest BCUT2D eigenvalue weighted by atomic mass is 16.5. The second-order valence-corrected chi connectivity index (χ2v) is 7.21. The topological polar surface area (TPSA) is 90.9 Å². The third-order valence-corrected chi connectivity index (χ3v) is 5.27. The van der Waals surface area contributed by atoms with Gasteiger partial charge in [-0.05, 0) is 60.9 Å². The van der Waals surface area contributed by atoms with Crippen LogP contribution >= 0.6 is 0 Å². The number of hydrogen-bond acceptors (Lipinski definition) is 5. The van der Waals surface area contributed by atoms with Crippen molar-refractivity contribution in [2.45, 2.75) is 19.4 Å². The molecule has 4 rings (SSSR count). The summed E-state index contributed by atoms with van der Waals surface area (Å²) in [6.07, 6.45) is 0.956. The number of aryl methyl sites for hydroxylation is 1. The van der Waals surface area contributed by atoms with Crippen LogP contribution in [0, 0.1) is 6.92 Å². The van der Waals surface area contributed by atoms with Gasteiger partial charge in [0, 0.05) is 42.6 Å². The number of hydrogen-bond donors (Lipinski definition) is 3. The van der Waals surface area contributed by atoms with Crippen molar-refractivity contribution in [1.29, 1.82) is 0 Å². The van der Waals surface area contributed by atoms with E-state index in [-0.39, 0.29) is 5.91 Å². The Morgan fingerprint density at radius 3 is 2.93 bits per heavy atom. The second-order valence-electron chi connectivity index (χ2n) is 7.21. The monoisotopic (exact) mass is 381 g/mol. The number of fused-ring (bicyclic) bond motifs is 3. The van der Waals surface area contributed by atoms with Crippen LogP contribution in [0.3, 0.4) is 0 Å². The van der Waals surface area contributed by atoms with E-state index in [9.17, 15) is 9.59 Å². The highest BCUT2D eigenvalue weighted by Crippen LogP contribution is 2.33. The van der Waals surface area contributed by atoms with E-state index in [4.69, 9.17) is 9.84 Å². The number of piperazine rings is 1. The molecule has 0 aliphatic carbocycles. The Balaban J connectivity index is 1.46. The number of aliphatic carboxylic acids is 1. The molecular formula is C21H23N3O4. The van der Waals surface area contributed by atoms with E-state index in [2.05, 4.69) is 15.5 Å². The summed E-state index contributed by atoms with van der Waals surface area (Å²) in [7, 11) is 0. The number of nitrogens with one attached hydrogen (secondary N) is 2. The number of nitrogens with zero attached hydrogens (tertiary/aromatic N) is 1. The molecule has 2 aromatic carbocycles. The fourth-order valence-electron chi connectivity index (χ4n) is 3.89. The van der Waals surface area contributed by atoms with E-state index < -0.39 is 12.6 Å². The maximum Gasteiger partial charge on any atom is 0.341 e. The molecule has 7 heteroatoms. The molecular weight excluding hydrogens is 358 g/mol. The largest absolute Gasteiger partial charge is 0.482 e. The van der Waals surface area contributed by atoms with Gasteiger partial charge in [-0.2, -0.15) is 0 Å². The number of rotatable bonds is 5. The van der Waals surface area contributed by atoms with E-state index in [1.807, 2.05) is 25.1 Å². The molecule has 1 fully saturated rings. The molecule has 0 bridgehead atoms. The first-order valence-electron chi connectivity index (χ1n) is 9.38. The van der Waals surface area contributed by atoms with Crippen molar-refractivity contribution in [3.63, 3.8) is 0 Å². The number of carboxylic acids is 1. The number of benzene rings is 2. The van der Waals surface area contributed by atoms with E-state index in [0.717, 1.165) is 31.6 Å². The van der Waals surface area contributed by atoms with Gasteiger partial charge in [-0.3, -0.25) is 4.79 Å². The molecule has 1 atom stereocenters. The van der Waals surface area contributed by atoms with Crippen LogP contribution in [-0.4, -0.2) is 49.3 Å². The minimum Gasteiger partial charge on any atom is -0.482 e. The zero-order chi connectivity index (χ0) is 19.7. The summed E-state index contributed by atoms with van der Waals surface area (Å²) in [6, 6.07) is 11.5. The number of carboxylic acid groups (broad SMARTS) is 1. The average Bonchev–Trinajstić information content (AvgIpc) is 3.06. The molecule has 0 saturated carbocycles. The molecule has 2 aromatic rings. The first-order valence-corrected chi connectivity index (χ1v) is 9.38. The Hall–Kier alpha value is -3.06. The SMILES string of the molecule is Cc1cc(OCC(=O)O)ccc1NC(=O)c1ccc2c(c1)CC1CNCCN21. The Morgan fingerprint density at radius 2 is 2.14 bits per heavy atom. The maximum atomic E-state index is 12.7. The maximum absolute atomic E-state index is 12.7. The highest BCUT2D eigenvalue weighted by Gasteiger charge is 2.31.